The van der Waals surface area contributed by atoms with Gasteiger partial charge in [0.15, 0.2) is 5.82 Å². The molecule has 2 rings (SSSR count). The van der Waals surface area contributed by atoms with E-state index in [2.05, 4.69) is 20.8 Å². The summed E-state index contributed by atoms with van der Waals surface area (Å²) in [5, 5.41) is 17.9. The molecule has 0 radical (unpaired) electrons. The molecule has 23 heavy (non-hydrogen) atoms. The Labute approximate surface area is 136 Å². The summed E-state index contributed by atoms with van der Waals surface area (Å²) in [5.41, 5.74) is 0.714. The van der Waals surface area contributed by atoms with Gasteiger partial charge in [0.1, 0.15) is 0 Å². The first-order valence-corrected chi connectivity index (χ1v) is 7.19. The zero-order valence-corrected chi connectivity index (χ0v) is 13.0. The smallest absolute Gasteiger partial charge is 0.315 e. The van der Waals surface area contributed by atoms with Crippen LogP contribution in [0.2, 0.25) is 5.02 Å². The van der Waals surface area contributed by atoms with Gasteiger partial charge in [0.05, 0.1) is 12.5 Å². The lowest BCUT2D eigenvalue weighted by molar-refractivity contribution is -0.136. The zero-order valence-electron chi connectivity index (χ0n) is 12.2. The molecule has 0 saturated heterocycles. The summed E-state index contributed by atoms with van der Waals surface area (Å²) in [5.74, 6) is -0.357. The number of hydrogen-bond donors (Lipinski definition) is 3. The third-order valence-electron chi connectivity index (χ3n) is 2.89. The van der Waals surface area contributed by atoms with E-state index in [1.165, 1.54) is 0 Å². The maximum Gasteiger partial charge on any atom is 0.315 e. The van der Waals surface area contributed by atoms with Gasteiger partial charge >= 0.3 is 12.0 Å². The van der Waals surface area contributed by atoms with Crippen LogP contribution in [0.3, 0.4) is 0 Å². The highest BCUT2D eigenvalue weighted by molar-refractivity contribution is 6.30. The minimum atomic E-state index is -0.982. The van der Waals surface area contributed by atoms with Crippen LogP contribution in [0.4, 0.5) is 4.79 Å². The first-order chi connectivity index (χ1) is 11.0. The second-order valence-corrected chi connectivity index (χ2v) is 5.17. The van der Waals surface area contributed by atoms with Crippen LogP contribution in [0.15, 0.2) is 28.8 Å². The lowest BCUT2D eigenvalue weighted by atomic mass is 10.2. The molecular formula is C14H15ClN4O4. The maximum absolute atomic E-state index is 11.6. The van der Waals surface area contributed by atoms with Crippen LogP contribution < -0.4 is 10.6 Å². The van der Waals surface area contributed by atoms with Gasteiger partial charge in [-0.2, -0.15) is 4.98 Å². The van der Waals surface area contributed by atoms with Crippen LogP contribution in [0, 0.1) is 0 Å². The number of nitrogens with one attached hydrogen (secondary N) is 2. The van der Waals surface area contributed by atoms with Gasteiger partial charge < -0.3 is 20.3 Å². The van der Waals surface area contributed by atoms with Crippen molar-refractivity contribution < 1.29 is 19.2 Å². The third kappa shape index (κ3) is 4.96. The quantitative estimate of drug-likeness (QED) is 0.743. The second kappa shape index (κ2) is 7.59. The fourth-order valence-electron chi connectivity index (χ4n) is 1.72. The summed E-state index contributed by atoms with van der Waals surface area (Å²) in [4.78, 5) is 26.2. The van der Waals surface area contributed by atoms with E-state index in [-0.39, 0.29) is 13.0 Å². The summed E-state index contributed by atoms with van der Waals surface area (Å²) >= 11 is 5.82. The molecule has 1 atom stereocenters. The molecule has 1 aromatic heterocycles. The van der Waals surface area contributed by atoms with Crippen molar-refractivity contribution >= 4 is 23.6 Å². The van der Waals surface area contributed by atoms with Gasteiger partial charge in [0, 0.05) is 17.1 Å². The maximum atomic E-state index is 11.6. The lowest BCUT2D eigenvalue weighted by Gasteiger charge is -2.10. The van der Waals surface area contributed by atoms with E-state index in [1.54, 1.807) is 31.2 Å². The number of rotatable bonds is 6. The highest BCUT2D eigenvalue weighted by Crippen LogP contribution is 2.21. The molecule has 0 fully saturated rings. The van der Waals surface area contributed by atoms with E-state index < -0.39 is 18.0 Å². The Bertz CT molecular complexity index is 686. The Morgan fingerprint density at radius 2 is 2.04 bits per heavy atom. The molecule has 9 heteroatoms. The van der Waals surface area contributed by atoms with E-state index in [0.717, 1.165) is 0 Å². The largest absolute Gasteiger partial charge is 0.481 e. The van der Waals surface area contributed by atoms with Crippen molar-refractivity contribution in [3.05, 3.63) is 35.1 Å². The molecule has 0 aliphatic heterocycles. The molecule has 8 nitrogen and oxygen atoms in total. The normalized spacial score (nSPS) is 11.7. The average molecular weight is 339 g/mol. The Hall–Kier alpha value is -2.61. The molecule has 0 spiro atoms. The van der Waals surface area contributed by atoms with E-state index in [1.807, 2.05) is 0 Å². The van der Waals surface area contributed by atoms with Crippen LogP contribution in [0.1, 0.15) is 25.2 Å². The first kappa shape index (κ1) is 16.8. The number of nitrogens with zero attached hydrogens (tertiary/aromatic N) is 2. The van der Waals surface area contributed by atoms with E-state index in [0.29, 0.717) is 22.3 Å². The summed E-state index contributed by atoms with van der Waals surface area (Å²) < 4.78 is 5.15. The van der Waals surface area contributed by atoms with Crippen molar-refractivity contribution in [2.75, 3.05) is 6.54 Å². The van der Waals surface area contributed by atoms with E-state index >= 15 is 0 Å². The van der Waals surface area contributed by atoms with Crippen molar-refractivity contribution in [3.63, 3.8) is 0 Å². The molecule has 1 unspecified atom stereocenters. The molecule has 122 valence electrons. The van der Waals surface area contributed by atoms with Gasteiger partial charge in [-0.25, -0.2) is 4.79 Å². The van der Waals surface area contributed by atoms with Crippen molar-refractivity contribution in [3.8, 4) is 11.5 Å². The molecule has 2 amide bonds. The van der Waals surface area contributed by atoms with Crippen LogP contribution in [-0.4, -0.2) is 33.8 Å². The van der Waals surface area contributed by atoms with Gasteiger partial charge in [0.25, 0.3) is 5.89 Å². The monoisotopic (exact) mass is 338 g/mol. The fourth-order valence-corrected chi connectivity index (χ4v) is 1.84. The molecule has 1 aromatic carbocycles. The summed E-state index contributed by atoms with van der Waals surface area (Å²) in [6, 6.07) is 5.91. The van der Waals surface area contributed by atoms with Crippen LogP contribution in [0.5, 0.6) is 0 Å². The van der Waals surface area contributed by atoms with Crippen LogP contribution in [0.25, 0.3) is 11.5 Å². The van der Waals surface area contributed by atoms with Gasteiger partial charge in [-0.05, 0) is 31.2 Å². The second-order valence-electron chi connectivity index (χ2n) is 4.73. The molecule has 0 aliphatic carbocycles. The van der Waals surface area contributed by atoms with Gasteiger partial charge in [-0.1, -0.05) is 16.8 Å². The molecule has 3 N–H and O–H groups in total. The number of aliphatic carboxylic acids is 1. The number of aromatic nitrogens is 2. The topological polar surface area (TPSA) is 117 Å². The Kier molecular flexibility index (Phi) is 5.53. The SMILES string of the molecule is CC(NC(=O)NCCC(=O)O)c1noc(-c2ccc(Cl)cc2)n1. The zero-order chi connectivity index (χ0) is 16.8. The predicted molar refractivity (Wildman–Crippen MR) is 81.9 cm³/mol. The molecule has 0 bridgehead atoms. The Morgan fingerprint density at radius 1 is 1.35 bits per heavy atom. The lowest BCUT2D eigenvalue weighted by Crippen LogP contribution is -2.38. The van der Waals surface area contributed by atoms with Crippen LogP contribution >= 0.6 is 11.6 Å². The highest BCUT2D eigenvalue weighted by atomic mass is 35.5. The van der Waals surface area contributed by atoms with Gasteiger partial charge in [-0.3, -0.25) is 4.79 Å². The minimum absolute atomic E-state index is 0.0379. The molecule has 1 heterocycles. The Morgan fingerprint density at radius 3 is 2.70 bits per heavy atom. The molecule has 0 saturated carbocycles. The number of urea groups is 1. The van der Waals surface area contributed by atoms with Crippen molar-refractivity contribution in [1.82, 2.24) is 20.8 Å². The number of carboxylic acid groups (broad SMARTS) is 1. The predicted octanol–water partition coefficient (Wildman–Crippen LogP) is 2.22. The average Bonchev–Trinajstić information content (AvgIpc) is 2.97. The standard InChI is InChI=1S/C14H15ClN4O4/c1-8(17-14(22)16-7-6-11(20)21)12-18-13(23-19-12)9-2-4-10(15)5-3-9/h2-5,8H,6-7H2,1H3,(H,20,21)(H2,16,17,22). The van der Waals surface area contributed by atoms with Crippen molar-refractivity contribution in [2.24, 2.45) is 0 Å². The summed E-state index contributed by atoms with van der Waals surface area (Å²) in [6.45, 7) is 1.73. The molecule has 0 aliphatic rings. The third-order valence-corrected chi connectivity index (χ3v) is 3.14. The number of halogens is 1. The van der Waals surface area contributed by atoms with Crippen molar-refractivity contribution in [1.29, 1.82) is 0 Å². The van der Waals surface area contributed by atoms with E-state index in [4.69, 9.17) is 21.2 Å². The molecular weight excluding hydrogens is 324 g/mol. The summed E-state index contributed by atoms with van der Waals surface area (Å²) in [7, 11) is 0. The fraction of sp³-hybridized carbons (Fsp3) is 0.286. The van der Waals surface area contributed by atoms with Crippen molar-refractivity contribution in [2.45, 2.75) is 19.4 Å². The van der Waals surface area contributed by atoms with Gasteiger partial charge in [0.2, 0.25) is 0 Å². The highest BCUT2D eigenvalue weighted by Gasteiger charge is 2.16. The molecule has 2 aromatic rings. The van der Waals surface area contributed by atoms with Crippen LogP contribution in [-0.2, 0) is 4.79 Å². The number of carbonyl (C=O) groups excluding carboxylic acids is 1. The first-order valence-electron chi connectivity index (χ1n) is 6.81. The number of carboxylic acids is 1. The summed E-state index contributed by atoms with van der Waals surface area (Å²) in [6.07, 6.45) is -0.148. The number of benzene rings is 1. The minimum Gasteiger partial charge on any atom is -0.481 e. The van der Waals surface area contributed by atoms with Gasteiger partial charge in [-0.15, -0.1) is 0 Å². The number of hydrogen-bond acceptors (Lipinski definition) is 5. The van der Waals surface area contributed by atoms with E-state index in [9.17, 15) is 9.59 Å². The number of carbonyl (C=O) groups is 2. The number of amides is 2. The Balaban J connectivity index is 1.93.